The van der Waals surface area contributed by atoms with E-state index in [0.29, 0.717) is 24.7 Å². The van der Waals surface area contributed by atoms with Crippen molar-refractivity contribution in [1.29, 1.82) is 0 Å². The molecule has 0 unspecified atom stereocenters. The van der Waals surface area contributed by atoms with E-state index in [0.717, 1.165) is 16.0 Å². The first-order valence-electron chi connectivity index (χ1n) is 6.88. The molecule has 3 nitrogen and oxygen atoms in total. The lowest BCUT2D eigenvalue weighted by atomic mass is 10.1. The topological polar surface area (TPSA) is 41.8 Å². The number of ether oxygens (including phenoxy) is 1. The van der Waals surface area contributed by atoms with Gasteiger partial charge in [0, 0.05) is 16.9 Å². The largest absolute Gasteiger partial charge is 0.508 e. The number of aliphatic imine (C=N–C) groups is 1. The molecule has 3 rings (SSSR count). The zero-order chi connectivity index (χ0) is 14.7. The number of nitrogens with zero attached hydrogens (tertiary/aromatic N) is 1. The Bertz CT molecular complexity index is 655. The van der Waals surface area contributed by atoms with Crippen LogP contribution in [-0.4, -0.2) is 29.9 Å². The molecule has 0 fully saturated rings. The van der Waals surface area contributed by atoms with E-state index in [4.69, 9.17) is 4.74 Å². The zero-order valence-corrected chi connectivity index (χ0v) is 12.6. The lowest BCUT2D eigenvalue weighted by Crippen LogP contribution is -2.10. The number of phenolic OH excluding ortho intramolecular Hbond substituents is 1. The molecule has 0 saturated carbocycles. The van der Waals surface area contributed by atoms with Crippen molar-refractivity contribution in [3.63, 3.8) is 0 Å². The fourth-order valence-electron chi connectivity index (χ4n) is 2.36. The molecule has 1 heterocycles. The molecule has 0 aromatic heterocycles. The molecule has 0 saturated heterocycles. The van der Waals surface area contributed by atoms with Crippen molar-refractivity contribution in [2.45, 2.75) is 17.4 Å². The summed E-state index contributed by atoms with van der Waals surface area (Å²) in [4.78, 5) is 5.68. The molecule has 2 aromatic rings. The van der Waals surface area contributed by atoms with Crippen LogP contribution < -0.4 is 0 Å². The average Bonchev–Trinajstić information content (AvgIpc) is 2.99. The first-order valence-corrected chi connectivity index (χ1v) is 8.10. The van der Waals surface area contributed by atoms with Gasteiger partial charge in [-0.1, -0.05) is 24.3 Å². The Hall–Kier alpha value is -1.94. The smallest absolute Gasteiger partial charge is 0.216 e. The highest BCUT2D eigenvalue weighted by molar-refractivity contribution is 7.98. The van der Waals surface area contributed by atoms with Crippen molar-refractivity contribution in [1.82, 2.24) is 0 Å². The molecule has 1 aliphatic rings. The van der Waals surface area contributed by atoms with Crippen LogP contribution in [0.2, 0.25) is 0 Å². The maximum absolute atomic E-state index is 10.1. The lowest BCUT2D eigenvalue weighted by Gasteiger charge is -2.08. The van der Waals surface area contributed by atoms with Gasteiger partial charge in [-0.25, -0.2) is 4.99 Å². The highest BCUT2D eigenvalue weighted by Crippen LogP contribution is 2.26. The minimum atomic E-state index is 0.0613. The molecule has 0 bridgehead atoms. The van der Waals surface area contributed by atoms with Crippen LogP contribution in [-0.2, 0) is 11.2 Å². The zero-order valence-electron chi connectivity index (χ0n) is 11.8. The molecule has 1 atom stereocenters. The van der Waals surface area contributed by atoms with E-state index in [1.54, 1.807) is 17.8 Å². The van der Waals surface area contributed by atoms with E-state index in [-0.39, 0.29) is 6.04 Å². The lowest BCUT2D eigenvalue weighted by molar-refractivity contribution is 0.316. The fourth-order valence-corrected chi connectivity index (χ4v) is 2.79. The standard InChI is InChI=1S/C17H17NO2S/c1-21-15-8-7-13(16(19)10-15)9-14-11-20-17(18-14)12-5-3-2-4-6-12/h2-8,10,14,19H,9,11H2,1H3/t14-/m1/s1. The number of thioether (sulfide) groups is 1. The van der Waals surface area contributed by atoms with Gasteiger partial charge in [0.2, 0.25) is 5.90 Å². The second-order valence-electron chi connectivity index (χ2n) is 4.96. The van der Waals surface area contributed by atoms with Gasteiger partial charge in [0.05, 0.1) is 6.04 Å². The normalized spacial score (nSPS) is 17.4. The number of aromatic hydroxyl groups is 1. The van der Waals surface area contributed by atoms with Gasteiger partial charge in [0.15, 0.2) is 0 Å². The van der Waals surface area contributed by atoms with Crippen LogP contribution in [0, 0.1) is 0 Å². The van der Waals surface area contributed by atoms with Crippen molar-refractivity contribution in [3.8, 4) is 5.75 Å². The molecule has 0 amide bonds. The highest BCUT2D eigenvalue weighted by atomic mass is 32.2. The molecule has 0 radical (unpaired) electrons. The van der Waals surface area contributed by atoms with Gasteiger partial charge in [-0.15, -0.1) is 11.8 Å². The van der Waals surface area contributed by atoms with Crippen molar-refractivity contribution >= 4 is 17.7 Å². The molecule has 108 valence electrons. The number of hydrogen-bond acceptors (Lipinski definition) is 4. The van der Waals surface area contributed by atoms with Gasteiger partial charge in [-0.3, -0.25) is 0 Å². The molecule has 1 N–H and O–H groups in total. The molecule has 0 spiro atoms. The monoisotopic (exact) mass is 299 g/mol. The van der Waals surface area contributed by atoms with Gasteiger partial charge >= 0.3 is 0 Å². The third-order valence-electron chi connectivity index (χ3n) is 3.48. The molecular weight excluding hydrogens is 282 g/mol. The summed E-state index contributed by atoms with van der Waals surface area (Å²) in [5.74, 6) is 1.03. The van der Waals surface area contributed by atoms with Gasteiger partial charge < -0.3 is 9.84 Å². The van der Waals surface area contributed by atoms with Crippen LogP contribution in [0.4, 0.5) is 0 Å². The van der Waals surface area contributed by atoms with Gasteiger partial charge in [0.25, 0.3) is 0 Å². The fraction of sp³-hybridized carbons (Fsp3) is 0.235. The van der Waals surface area contributed by atoms with Gasteiger partial charge in [-0.2, -0.15) is 0 Å². The third-order valence-corrected chi connectivity index (χ3v) is 4.21. The van der Waals surface area contributed by atoms with Crippen molar-refractivity contribution in [2.75, 3.05) is 12.9 Å². The second-order valence-corrected chi connectivity index (χ2v) is 5.84. The minimum Gasteiger partial charge on any atom is -0.508 e. The van der Waals surface area contributed by atoms with Crippen LogP contribution in [0.3, 0.4) is 0 Å². The minimum absolute atomic E-state index is 0.0613. The quantitative estimate of drug-likeness (QED) is 0.879. The maximum atomic E-state index is 10.1. The Morgan fingerprint density at radius 2 is 2.05 bits per heavy atom. The summed E-state index contributed by atoms with van der Waals surface area (Å²) in [6.07, 6.45) is 2.69. The number of phenols is 1. The molecule has 4 heteroatoms. The predicted molar refractivity (Wildman–Crippen MR) is 86.3 cm³/mol. The average molecular weight is 299 g/mol. The molecule has 0 aliphatic carbocycles. The molecule has 2 aromatic carbocycles. The molecule has 21 heavy (non-hydrogen) atoms. The summed E-state index contributed by atoms with van der Waals surface area (Å²) in [7, 11) is 0. The van der Waals surface area contributed by atoms with Gasteiger partial charge in [0.1, 0.15) is 12.4 Å². The van der Waals surface area contributed by atoms with E-state index in [1.165, 1.54) is 0 Å². The highest BCUT2D eigenvalue weighted by Gasteiger charge is 2.21. The first-order chi connectivity index (χ1) is 10.3. The Labute approximate surface area is 128 Å². The first kappa shape index (κ1) is 14.0. The third kappa shape index (κ3) is 3.22. The number of hydrogen-bond donors (Lipinski definition) is 1. The molecule has 1 aliphatic heterocycles. The van der Waals surface area contributed by atoms with Crippen LogP contribution >= 0.6 is 11.8 Å². The van der Waals surface area contributed by atoms with Crippen molar-refractivity contribution in [2.24, 2.45) is 4.99 Å². The summed E-state index contributed by atoms with van der Waals surface area (Å²) in [5.41, 5.74) is 1.92. The Morgan fingerprint density at radius 1 is 1.24 bits per heavy atom. The van der Waals surface area contributed by atoms with Crippen LogP contribution in [0.1, 0.15) is 11.1 Å². The van der Waals surface area contributed by atoms with Gasteiger partial charge in [-0.05, 0) is 36.1 Å². The summed E-state index contributed by atoms with van der Waals surface area (Å²) >= 11 is 1.62. The molecular formula is C17H17NO2S. The summed E-state index contributed by atoms with van der Waals surface area (Å²) < 4.78 is 5.67. The van der Waals surface area contributed by atoms with Crippen LogP contribution in [0.25, 0.3) is 0 Å². The number of benzene rings is 2. The van der Waals surface area contributed by atoms with E-state index in [1.807, 2.05) is 48.7 Å². The van der Waals surface area contributed by atoms with Crippen LogP contribution in [0.15, 0.2) is 58.4 Å². The second kappa shape index (κ2) is 6.22. The number of rotatable bonds is 4. The van der Waals surface area contributed by atoms with E-state index in [2.05, 4.69) is 4.99 Å². The Kier molecular flexibility index (Phi) is 4.15. The van der Waals surface area contributed by atoms with E-state index >= 15 is 0 Å². The summed E-state index contributed by atoms with van der Waals surface area (Å²) in [6, 6.07) is 15.8. The maximum Gasteiger partial charge on any atom is 0.216 e. The van der Waals surface area contributed by atoms with Crippen molar-refractivity contribution < 1.29 is 9.84 Å². The predicted octanol–water partition coefficient (Wildman–Crippen LogP) is 3.50. The van der Waals surface area contributed by atoms with E-state index < -0.39 is 0 Å². The SMILES string of the molecule is CSc1ccc(C[C@@H]2COC(c3ccccc3)=N2)c(O)c1. The Balaban J connectivity index is 1.74. The van der Waals surface area contributed by atoms with E-state index in [9.17, 15) is 5.11 Å². The van der Waals surface area contributed by atoms with Crippen molar-refractivity contribution in [3.05, 3.63) is 59.7 Å². The summed E-state index contributed by atoms with van der Waals surface area (Å²) in [5, 5.41) is 10.1. The van der Waals surface area contributed by atoms with Crippen LogP contribution in [0.5, 0.6) is 5.75 Å². The summed E-state index contributed by atoms with van der Waals surface area (Å²) in [6.45, 7) is 0.563. The Morgan fingerprint density at radius 3 is 2.76 bits per heavy atom.